The molecule has 2 rings (SSSR count). The number of nitrogens with zero attached hydrogens (tertiary/aromatic N) is 4. The van der Waals surface area contributed by atoms with Crippen molar-refractivity contribution in [2.24, 2.45) is 0 Å². The second-order valence-electron chi connectivity index (χ2n) is 3.16. The summed E-state index contributed by atoms with van der Waals surface area (Å²) in [6.45, 7) is 0.467. The van der Waals surface area contributed by atoms with Gasteiger partial charge in [-0.3, -0.25) is 0 Å². The van der Waals surface area contributed by atoms with Gasteiger partial charge in [-0.1, -0.05) is 5.21 Å². The molecule has 68 valence electrons. The van der Waals surface area contributed by atoms with Gasteiger partial charge in [0, 0.05) is 5.92 Å². The van der Waals surface area contributed by atoms with E-state index in [1.54, 1.807) is 4.68 Å². The molecule has 0 aromatic carbocycles. The van der Waals surface area contributed by atoms with Crippen LogP contribution in [0.25, 0.3) is 0 Å². The Hall–Kier alpha value is -1.41. The van der Waals surface area contributed by atoms with Gasteiger partial charge in [0.1, 0.15) is 6.07 Å². The number of hydrogen-bond donors (Lipinski definition) is 1. The third-order valence-corrected chi connectivity index (χ3v) is 2.16. The lowest BCUT2D eigenvalue weighted by atomic mass is 10.2. The van der Waals surface area contributed by atoms with Gasteiger partial charge in [-0.05, 0) is 12.8 Å². The first-order valence-electron chi connectivity index (χ1n) is 4.31. The topological polar surface area (TPSA) is 74.7 Å². The number of nitriles is 1. The van der Waals surface area contributed by atoms with E-state index in [2.05, 4.69) is 10.3 Å². The summed E-state index contributed by atoms with van der Waals surface area (Å²) in [5.74, 6) is 0.441. The minimum atomic E-state index is 0.0357. The smallest absolute Gasteiger partial charge is 0.186 e. The minimum Gasteiger partial charge on any atom is -0.394 e. The number of hydrogen-bond acceptors (Lipinski definition) is 4. The Morgan fingerprint density at radius 2 is 2.38 bits per heavy atom. The fourth-order valence-corrected chi connectivity index (χ4v) is 1.42. The van der Waals surface area contributed by atoms with E-state index in [0.717, 1.165) is 18.5 Å². The lowest BCUT2D eigenvalue weighted by Crippen LogP contribution is -2.07. The van der Waals surface area contributed by atoms with Crippen molar-refractivity contribution in [2.45, 2.75) is 25.3 Å². The molecule has 0 amide bonds. The van der Waals surface area contributed by atoms with Gasteiger partial charge in [0.2, 0.25) is 0 Å². The van der Waals surface area contributed by atoms with Gasteiger partial charge in [0.05, 0.1) is 18.8 Å². The van der Waals surface area contributed by atoms with Gasteiger partial charge in [-0.25, -0.2) is 4.68 Å². The second-order valence-corrected chi connectivity index (χ2v) is 3.16. The zero-order valence-electron chi connectivity index (χ0n) is 7.14. The molecular formula is C8H10N4O. The standard InChI is InChI=1S/C8H10N4O/c9-5-7-8(6-1-2-6)12(3-4-13)11-10-7/h6,13H,1-4H2. The third kappa shape index (κ3) is 1.40. The average Bonchev–Trinajstić information content (AvgIpc) is 2.89. The van der Waals surface area contributed by atoms with Crippen LogP contribution in [0.4, 0.5) is 0 Å². The van der Waals surface area contributed by atoms with Gasteiger partial charge in [0.15, 0.2) is 5.69 Å². The molecule has 1 aliphatic carbocycles. The molecule has 5 nitrogen and oxygen atoms in total. The van der Waals surface area contributed by atoms with Crippen molar-refractivity contribution in [1.29, 1.82) is 5.26 Å². The Bertz CT molecular complexity index is 348. The molecule has 0 aliphatic heterocycles. The van der Waals surface area contributed by atoms with Gasteiger partial charge in [0.25, 0.3) is 0 Å². The molecule has 1 aromatic heterocycles. The van der Waals surface area contributed by atoms with Gasteiger partial charge < -0.3 is 5.11 Å². The van der Waals surface area contributed by atoms with Crippen LogP contribution in [0.2, 0.25) is 0 Å². The van der Waals surface area contributed by atoms with E-state index < -0.39 is 0 Å². The predicted molar refractivity (Wildman–Crippen MR) is 43.8 cm³/mol. The lowest BCUT2D eigenvalue weighted by Gasteiger charge is -2.01. The summed E-state index contributed by atoms with van der Waals surface area (Å²) in [6.07, 6.45) is 2.21. The van der Waals surface area contributed by atoms with Crippen LogP contribution >= 0.6 is 0 Å². The lowest BCUT2D eigenvalue weighted by molar-refractivity contribution is 0.266. The van der Waals surface area contributed by atoms with Crippen molar-refractivity contribution in [3.05, 3.63) is 11.4 Å². The van der Waals surface area contributed by atoms with Gasteiger partial charge in [-0.15, -0.1) is 5.10 Å². The molecule has 0 saturated heterocycles. The average molecular weight is 178 g/mol. The Morgan fingerprint density at radius 1 is 1.62 bits per heavy atom. The first-order valence-corrected chi connectivity index (χ1v) is 4.31. The van der Waals surface area contributed by atoms with Gasteiger partial charge >= 0.3 is 0 Å². The molecule has 5 heteroatoms. The van der Waals surface area contributed by atoms with E-state index in [1.165, 1.54) is 0 Å². The molecule has 0 bridgehead atoms. The molecule has 1 aromatic rings. The summed E-state index contributed by atoms with van der Waals surface area (Å²) >= 11 is 0. The molecule has 1 heterocycles. The van der Waals surface area contributed by atoms with Crippen LogP contribution in [0.5, 0.6) is 0 Å². The van der Waals surface area contributed by atoms with E-state index in [1.807, 2.05) is 6.07 Å². The Kier molecular flexibility index (Phi) is 1.99. The Morgan fingerprint density at radius 3 is 2.92 bits per heavy atom. The predicted octanol–water partition coefficient (Wildman–Crippen LogP) is 0.0195. The van der Waals surface area contributed by atoms with E-state index in [9.17, 15) is 0 Å². The highest BCUT2D eigenvalue weighted by Crippen LogP contribution is 2.40. The maximum absolute atomic E-state index is 8.76. The molecule has 0 unspecified atom stereocenters. The summed E-state index contributed by atoms with van der Waals surface area (Å²) in [4.78, 5) is 0. The molecule has 1 saturated carbocycles. The van der Waals surface area contributed by atoms with E-state index in [4.69, 9.17) is 10.4 Å². The zero-order valence-corrected chi connectivity index (χ0v) is 7.14. The number of rotatable bonds is 3. The van der Waals surface area contributed by atoms with Crippen LogP contribution in [0.15, 0.2) is 0 Å². The highest BCUT2D eigenvalue weighted by molar-refractivity contribution is 5.30. The first kappa shape index (κ1) is 8.20. The quantitative estimate of drug-likeness (QED) is 0.708. The highest BCUT2D eigenvalue weighted by atomic mass is 16.3. The molecular weight excluding hydrogens is 168 g/mol. The molecule has 0 atom stereocenters. The highest BCUT2D eigenvalue weighted by Gasteiger charge is 2.31. The van der Waals surface area contributed by atoms with E-state index >= 15 is 0 Å². The monoisotopic (exact) mass is 178 g/mol. The van der Waals surface area contributed by atoms with Crippen LogP contribution in [0.1, 0.15) is 30.1 Å². The molecule has 1 fully saturated rings. The zero-order chi connectivity index (χ0) is 9.26. The van der Waals surface area contributed by atoms with Crippen molar-refractivity contribution in [1.82, 2.24) is 15.0 Å². The van der Waals surface area contributed by atoms with Crippen molar-refractivity contribution in [3.8, 4) is 6.07 Å². The fourth-order valence-electron chi connectivity index (χ4n) is 1.42. The van der Waals surface area contributed by atoms with Crippen LogP contribution in [0, 0.1) is 11.3 Å². The summed E-state index contributed by atoms with van der Waals surface area (Å²) in [7, 11) is 0. The molecule has 0 radical (unpaired) electrons. The normalized spacial score (nSPS) is 15.7. The largest absolute Gasteiger partial charge is 0.394 e. The fraction of sp³-hybridized carbons (Fsp3) is 0.625. The number of aliphatic hydroxyl groups is 1. The van der Waals surface area contributed by atoms with Crippen molar-refractivity contribution < 1.29 is 5.11 Å². The first-order chi connectivity index (χ1) is 6.36. The molecule has 0 spiro atoms. The Labute approximate surface area is 75.6 Å². The van der Waals surface area contributed by atoms with Crippen LogP contribution in [-0.4, -0.2) is 26.7 Å². The molecule has 1 N–H and O–H groups in total. The SMILES string of the molecule is N#Cc1nnn(CCO)c1C1CC1. The summed E-state index contributed by atoms with van der Waals surface area (Å²) in [5, 5.41) is 25.1. The second kappa shape index (κ2) is 3.15. The van der Waals surface area contributed by atoms with E-state index in [-0.39, 0.29) is 6.61 Å². The van der Waals surface area contributed by atoms with E-state index in [0.29, 0.717) is 18.2 Å². The maximum atomic E-state index is 8.76. The molecule has 1 aliphatic rings. The van der Waals surface area contributed by atoms with Crippen LogP contribution in [0.3, 0.4) is 0 Å². The third-order valence-electron chi connectivity index (χ3n) is 2.16. The van der Waals surface area contributed by atoms with Crippen LogP contribution in [-0.2, 0) is 6.54 Å². The molecule has 13 heavy (non-hydrogen) atoms. The number of aromatic nitrogens is 3. The summed E-state index contributed by atoms with van der Waals surface area (Å²) in [6, 6.07) is 2.02. The summed E-state index contributed by atoms with van der Waals surface area (Å²) in [5.41, 5.74) is 1.31. The summed E-state index contributed by atoms with van der Waals surface area (Å²) < 4.78 is 1.64. The van der Waals surface area contributed by atoms with Crippen molar-refractivity contribution in [3.63, 3.8) is 0 Å². The van der Waals surface area contributed by atoms with Crippen molar-refractivity contribution >= 4 is 0 Å². The van der Waals surface area contributed by atoms with Crippen molar-refractivity contribution in [2.75, 3.05) is 6.61 Å². The maximum Gasteiger partial charge on any atom is 0.186 e. The van der Waals surface area contributed by atoms with Gasteiger partial charge in [-0.2, -0.15) is 5.26 Å². The Balaban J connectivity index is 2.34. The van der Waals surface area contributed by atoms with Crippen LogP contribution < -0.4 is 0 Å². The number of aliphatic hydroxyl groups excluding tert-OH is 1. The minimum absolute atomic E-state index is 0.0357.